The summed E-state index contributed by atoms with van der Waals surface area (Å²) in [6.07, 6.45) is 0. The lowest BCUT2D eigenvalue weighted by molar-refractivity contribution is 0.122. The predicted octanol–water partition coefficient (Wildman–Crippen LogP) is 2.42. The van der Waals surface area contributed by atoms with Gasteiger partial charge < -0.3 is 15.0 Å². The Labute approximate surface area is 113 Å². The van der Waals surface area contributed by atoms with Crippen molar-refractivity contribution in [2.45, 2.75) is 6.92 Å². The number of nitrogens with one attached hydrogen (secondary N) is 1. The number of ether oxygens (including phenoxy) is 1. The van der Waals surface area contributed by atoms with Gasteiger partial charge in [-0.25, -0.2) is 4.98 Å². The smallest absolute Gasteiger partial charge is 0.129 e. The molecule has 0 radical (unpaired) electrons. The first-order chi connectivity index (χ1) is 9.28. The summed E-state index contributed by atoms with van der Waals surface area (Å²) < 4.78 is 5.40. The van der Waals surface area contributed by atoms with Crippen LogP contribution in [0.5, 0.6) is 0 Å². The standard InChI is InChI=1S/C15H19N3O/c1-11-9-12-10-13(18-5-7-19-8-6-18)3-4-14(12)17-15(11)16-2/h3-4,9-10H,5-8H2,1-2H3,(H,16,17). The highest BCUT2D eigenvalue weighted by atomic mass is 16.5. The zero-order valence-electron chi connectivity index (χ0n) is 11.4. The first-order valence-corrected chi connectivity index (χ1v) is 6.70. The molecule has 0 aliphatic carbocycles. The van der Waals surface area contributed by atoms with E-state index in [9.17, 15) is 0 Å². The average molecular weight is 257 g/mol. The number of pyridine rings is 1. The van der Waals surface area contributed by atoms with Gasteiger partial charge in [-0.15, -0.1) is 0 Å². The van der Waals surface area contributed by atoms with Crippen molar-refractivity contribution in [3.8, 4) is 0 Å². The van der Waals surface area contributed by atoms with Crippen molar-refractivity contribution in [1.29, 1.82) is 0 Å². The molecule has 1 saturated heterocycles. The summed E-state index contributed by atoms with van der Waals surface area (Å²) in [6.45, 7) is 5.64. The minimum atomic E-state index is 0.813. The van der Waals surface area contributed by atoms with Crippen LogP contribution in [-0.4, -0.2) is 38.3 Å². The molecule has 0 unspecified atom stereocenters. The van der Waals surface area contributed by atoms with Gasteiger partial charge in [-0.05, 0) is 36.8 Å². The molecule has 2 aromatic rings. The zero-order chi connectivity index (χ0) is 13.2. The number of rotatable bonds is 2. The van der Waals surface area contributed by atoms with E-state index in [1.54, 1.807) is 0 Å². The van der Waals surface area contributed by atoms with Crippen LogP contribution in [0.1, 0.15) is 5.56 Å². The number of benzene rings is 1. The molecule has 1 N–H and O–H groups in total. The molecule has 1 aromatic heterocycles. The Morgan fingerprint density at radius 1 is 1.21 bits per heavy atom. The topological polar surface area (TPSA) is 37.4 Å². The number of hydrogen-bond acceptors (Lipinski definition) is 4. The molecule has 1 aliphatic heterocycles. The highest BCUT2D eigenvalue weighted by molar-refractivity contribution is 5.85. The summed E-state index contributed by atoms with van der Waals surface area (Å²) in [6, 6.07) is 8.66. The minimum absolute atomic E-state index is 0.813. The van der Waals surface area contributed by atoms with Crippen LogP contribution >= 0.6 is 0 Å². The molecule has 0 saturated carbocycles. The third kappa shape index (κ3) is 2.36. The number of fused-ring (bicyclic) bond motifs is 1. The summed E-state index contributed by atoms with van der Waals surface area (Å²) in [5, 5.41) is 4.32. The number of aryl methyl sites for hydroxylation is 1. The second-order valence-electron chi connectivity index (χ2n) is 4.88. The summed E-state index contributed by atoms with van der Waals surface area (Å²) in [5.41, 5.74) is 3.47. The fourth-order valence-corrected chi connectivity index (χ4v) is 2.54. The van der Waals surface area contributed by atoms with Crippen LogP contribution in [0.2, 0.25) is 0 Å². The van der Waals surface area contributed by atoms with Gasteiger partial charge in [0.1, 0.15) is 5.82 Å². The van der Waals surface area contributed by atoms with Gasteiger partial charge in [0.15, 0.2) is 0 Å². The molecular weight excluding hydrogens is 238 g/mol. The third-order valence-electron chi connectivity index (χ3n) is 3.60. The monoisotopic (exact) mass is 257 g/mol. The summed E-state index contributed by atoms with van der Waals surface area (Å²) in [7, 11) is 1.91. The second-order valence-corrected chi connectivity index (χ2v) is 4.88. The van der Waals surface area contributed by atoms with E-state index < -0.39 is 0 Å². The van der Waals surface area contributed by atoms with Crippen molar-refractivity contribution in [1.82, 2.24) is 4.98 Å². The molecule has 4 nitrogen and oxygen atoms in total. The normalized spacial score (nSPS) is 15.8. The van der Waals surface area contributed by atoms with Gasteiger partial charge in [0.05, 0.1) is 18.7 Å². The number of morpholine rings is 1. The van der Waals surface area contributed by atoms with Gasteiger partial charge in [-0.1, -0.05) is 0 Å². The van der Waals surface area contributed by atoms with Crippen molar-refractivity contribution in [2.24, 2.45) is 0 Å². The van der Waals surface area contributed by atoms with Crippen molar-refractivity contribution in [3.05, 3.63) is 29.8 Å². The maximum Gasteiger partial charge on any atom is 0.129 e. The highest BCUT2D eigenvalue weighted by Gasteiger charge is 2.12. The van der Waals surface area contributed by atoms with Gasteiger partial charge in [-0.2, -0.15) is 0 Å². The predicted molar refractivity (Wildman–Crippen MR) is 79.1 cm³/mol. The SMILES string of the molecule is CNc1nc2ccc(N3CCOCC3)cc2cc1C. The molecule has 0 atom stereocenters. The van der Waals surface area contributed by atoms with Crippen LogP contribution in [0.15, 0.2) is 24.3 Å². The molecule has 19 heavy (non-hydrogen) atoms. The van der Waals surface area contributed by atoms with Gasteiger partial charge in [0, 0.05) is 31.2 Å². The lowest BCUT2D eigenvalue weighted by atomic mass is 10.1. The molecule has 0 bridgehead atoms. The van der Waals surface area contributed by atoms with E-state index in [0.29, 0.717) is 0 Å². The minimum Gasteiger partial charge on any atom is -0.378 e. The Morgan fingerprint density at radius 2 is 2.00 bits per heavy atom. The third-order valence-corrected chi connectivity index (χ3v) is 3.60. The number of aromatic nitrogens is 1. The van der Waals surface area contributed by atoms with Crippen molar-refractivity contribution in [3.63, 3.8) is 0 Å². The van der Waals surface area contributed by atoms with Crippen LogP contribution in [0.4, 0.5) is 11.5 Å². The summed E-state index contributed by atoms with van der Waals surface area (Å²) in [5.74, 6) is 0.951. The van der Waals surface area contributed by atoms with Crippen molar-refractivity contribution >= 4 is 22.4 Å². The number of nitrogens with zero attached hydrogens (tertiary/aromatic N) is 2. The maximum absolute atomic E-state index is 5.40. The fourth-order valence-electron chi connectivity index (χ4n) is 2.54. The molecule has 2 heterocycles. The Hall–Kier alpha value is -1.81. The molecule has 1 aromatic carbocycles. The second kappa shape index (κ2) is 5.05. The van der Waals surface area contributed by atoms with E-state index in [0.717, 1.165) is 37.6 Å². The molecule has 1 aliphatic rings. The van der Waals surface area contributed by atoms with Crippen LogP contribution in [0.3, 0.4) is 0 Å². The van der Waals surface area contributed by atoms with E-state index >= 15 is 0 Å². The van der Waals surface area contributed by atoms with Crippen LogP contribution in [0.25, 0.3) is 10.9 Å². The van der Waals surface area contributed by atoms with E-state index in [2.05, 4.69) is 46.4 Å². The molecule has 0 amide bonds. The quantitative estimate of drug-likeness (QED) is 0.896. The molecule has 100 valence electrons. The van der Waals surface area contributed by atoms with Gasteiger partial charge in [0.25, 0.3) is 0 Å². The Kier molecular flexibility index (Phi) is 3.25. The maximum atomic E-state index is 5.40. The molecular formula is C15H19N3O. The van der Waals surface area contributed by atoms with Gasteiger partial charge in [-0.3, -0.25) is 0 Å². The fraction of sp³-hybridized carbons (Fsp3) is 0.400. The molecule has 1 fully saturated rings. The summed E-state index contributed by atoms with van der Waals surface area (Å²) in [4.78, 5) is 6.99. The van der Waals surface area contributed by atoms with Crippen molar-refractivity contribution < 1.29 is 4.74 Å². The molecule has 4 heteroatoms. The average Bonchev–Trinajstić information content (AvgIpc) is 2.47. The highest BCUT2D eigenvalue weighted by Crippen LogP contribution is 2.25. The first kappa shape index (κ1) is 12.2. The summed E-state index contributed by atoms with van der Waals surface area (Å²) >= 11 is 0. The lowest BCUT2D eigenvalue weighted by Gasteiger charge is -2.29. The van der Waals surface area contributed by atoms with Crippen LogP contribution in [-0.2, 0) is 4.74 Å². The number of hydrogen-bond donors (Lipinski definition) is 1. The lowest BCUT2D eigenvalue weighted by Crippen LogP contribution is -2.36. The zero-order valence-corrected chi connectivity index (χ0v) is 11.4. The first-order valence-electron chi connectivity index (χ1n) is 6.70. The Bertz CT molecular complexity index is 591. The molecule has 3 rings (SSSR count). The number of anilines is 2. The molecule has 0 spiro atoms. The van der Waals surface area contributed by atoms with Crippen LogP contribution in [0, 0.1) is 6.92 Å². The Morgan fingerprint density at radius 3 is 2.74 bits per heavy atom. The van der Waals surface area contributed by atoms with Gasteiger partial charge in [0.2, 0.25) is 0 Å². The Balaban J connectivity index is 2.00. The van der Waals surface area contributed by atoms with Crippen molar-refractivity contribution in [2.75, 3.05) is 43.6 Å². The van der Waals surface area contributed by atoms with Gasteiger partial charge >= 0.3 is 0 Å². The van der Waals surface area contributed by atoms with E-state index in [4.69, 9.17) is 4.74 Å². The van der Waals surface area contributed by atoms with E-state index in [1.807, 2.05) is 7.05 Å². The van der Waals surface area contributed by atoms with E-state index in [-0.39, 0.29) is 0 Å². The largest absolute Gasteiger partial charge is 0.378 e. The van der Waals surface area contributed by atoms with Crippen LogP contribution < -0.4 is 10.2 Å². The van der Waals surface area contributed by atoms with E-state index in [1.165, 1.54) is 16.6 Å².